The Morgan fingerprint density at radius 1 is 1.23 bits per heavy atom. The van der Waals surface area contributed by atoms with E-state index in [0.717, 1.165) is 11.5 Å². The number of para-hydroxylation sites is 2. The molecule has 0 N–H and O–H groups in total. The van der Waals surface area contributed by atoms with E-state index in [1.54, 1.807) is 0 Å². The first-order valence-electron chi connectivity index (χ1n) is 3.93. The zero-order valence-corrected chi connectivity index (χ0v) is 8.26. The molecule has 0 saturated heterocycles. The van der Waals surface area contributed by atoms with Crippen molar-refractivity contribution in [3.8, 4) is 11.5 Å². The molecule has 1 aliphatic heterocycles. The van der Waals surface area contributed by atoms with Crippen molar-refractivity contribution in [2.24, 2.45) is 0 Å². The van der Waals surface area contributed by atoms with E-state index in [1.165, 1.54) is 0 Å². The Balaban J connectivity index is 2.14. The van der Waals surface area contributed by atoms with Crippen LogP contribution in [0.5, 0.6) is 11.5 Å². The summed E-state index contributed by atoms with van der Waals surface area (Å²) in [5, 5.41) is -0.325. The van der Waals surface area contributed by atoms with Crippen LogP contribution in [-0.2, 0) is 0 Å². The molecular formula is C8H7BCl2O2. The minimum atomic E-state index is -0.462. The Bertz CT molecular complexity index is 283. The van der Waals surface area contributed by atoms with Crippen molar-refractivity contribution in [2.45, 2.75) is 5.28 Å². The fraction of sp³-hybridized carbons (Fsp3) is 0.250. The third-order valence-electron chi connectivity index (χ3n) is 1.78. The highest BCUT2D eigenvalue weighted by molar-refractivity contribution is 6.62. The van der Waals surface area contributed by atoms with Crippen LogP contribution in [-0.4, -0.2) is 18.3 Å². The Morgan fingerprint density at radius 3 is 2.23 bits per heavy atom. The molecule has 2 nitrogen and oxygen atoms in total. The second-order valence-corrected chi connectivity index (χ2v) is 3.59. The molecule has 2 rings (SSSR count). The van der Waals surface area contributed by atoms with Crippen LogP contribution in [0.15, 0.2) is 24.3 Å². The molecule has 1 heterocycles. The van der Waals surface area contributed by atoms with Crippen molar-refractivity contribution in [2.75, 3.05) is 5.88 Å². The molecular weight excluding hydrogens is 210 g/mol. The number of hydrogen-bond donors (Lipinski definition) is 0. The molecule has 0 bridgehead atoms. The summed E-state index contributed by atoms with van der Waals surface area (Å²) in [7, 11) is -0.462. The monoisotopic (exact) mass is 216 g/mol. The van der Waals surface area contributed by atoms with Crippen LogP contribution in [0.2, 0.25) is 0 Å². The summed E-state index contributed by atoms with van der Waals surface area (Å²) in [5.74, 6) is 1.76. The standard InChI is InChI=1S/C8H7BCl2O2/c10-5-8(11)9-12-6-3-1-2-4-7(6)13-9/h1-4,8H,5H2. The van der Waals surface area contributed by atoms with E-state index in [9.17, 15) is 0 Å². The normalized spacial score (nSPS) is 16.0. The summed E-state index contributed by atoms with van der Waals surface area (Å²) in [4.78, 5) is 0. The van der Waals surface area contributed by atoms with Crippen molar-refractivity contribution in [1.29, 1.82) is 0 Å². The second kappa shape index (κ2) is 3.68. The highest BCUT2D eigenvalue weighted by atomic mass is 35.5. The molecule has 1 atom stereocenters. The van der Waals surface area contributed by atoms with E-state index < -0.39 is 7.12 Å². The van der Waals surface area contributed by atoms with E-state index in [4.69, 9.17) is 32.5 Å². The lowest BCUT2D eigenvalue weighted by atomic mass is 9.86. The number of rotatable bonds is 2. The van der Waals surface area contributed by atoms with Crippen LogP contribution >= 0.6 is 23.2 Å². The van der Waals surface area contributed by atoms with Gasteiger partial charge in [-0.2, -0.15) is 0 Å². The van der Waals surface area contributed by atoms with E-state index >= 15 is 0 Å². The lowest BCUT2D eigenvalue weighted by Crippen LogP contribution is -2.36. The molecule has 68 valence electrons. The molecule has 0 amide bonds. The second-order valence-electron chi connectivity index (χ2n) is 2.72. The number of alkyl halides is 2. The summed E-state index contributed by atoms with van der Waals surface area (Å²) in [6.45, 7) is 0. The van der Waals surface area contributed by atoms with Crippen LogP contribution < -0.4 is 9.31 Å². The number of benzene rings is 1. The number of fused-ring (bicyclic) bond motifs is 1. The average molecular weight is 217 g/mol. The molecule has 13 heavy (non-hydrogen) atoms. The van der Waals surface area contributed by atoms with Crippen molar-refractivity contribution in [1.82, 2.24) is 0 Å². The molecule has 1 aliphatic rings. The summed E-state index contributed by atoms with van der Waals surface area (Å²) in [5.41, 5.74) is 0. The van der Waals surface area contributed by atoms with Gasteiger partial charge < -0.3 is 9.31 Å². The SMILES string of the molecule is ClCC(Cl)B1Oc2ccccc2O1. The molecule has 0 saturated carbocycles. The van der Waals surface area contributed by atoms with Crippen molar-refractivity contribution in [3.63, 3.8) is 0 Å². The van der Waals surface area contributed by atoms with Gasteiger partial charge in [-0.3, -0.25) is 0 Å². The molecule has 5 heteroatoms. The molecule has 0 aromatic heterocycles. The Labute approximate surface area is 86.9 Å². The van der Waals surface area contributed by atoms with Gasteiger partial charge in [-0.1, -0.05) is 12.1 Å². The average Bonchev–Trinajstić information content (AvgIpc) is 2.59. The summed E-state index contributed by atoms with van der Waals surface area (Å²) < 4.78 is 10.8. The molecule has 1 aromatic rings. The third-order valence-corrected chi connectivity index (χ3v) is 2.63. The van der Waals surface area contributed by atoms with Gasteiger partial charge >= 0.3 is 7.12 Å². The maximum absolute atomic E-state index is 5.88. The minimum Gasteiger partial charge on any atom is -0.522 e. The first-order valence-corrected chi connectivity index (χ1v) is 4.91. The van der Waals surface area contributed by atoms with E-state index in [0.29, 0.717) is 5.88 Å². The van der Waals surface area contributed by atoms with Gasteiger partial charge in [0.1, 0.15) is 16.8 Å². The van der Waals surface area contributed by atoms with Crippen LogP contribution in [0.1, 0.15) is 0 Å². The van der Waals surface area contributed by atoms with Gasteiger partial charge in [-0.15, -0.1) is 23.2 Å². The topological polar surface area (TPSA) is 18.5 Å². The highest BCUT2D eigenvalue weighted by Gasteiger charge is 2.38. The predicted molar refractivity (Wildman–Crippen MR) is 53.8 cm³/mol. The largest absolute Gasteiger partial charge is 0.615 e. The first-order chi connectivity index (χ1) is 6.31. The fourth-order valence-corrected chi connectivity index (χ4v) is 1.39. The zero-order chi connectivity index (χ0) is 9.26. The molecule has 0 fully saturated rings. The van der Waals surface area contributed by atoms with E-state index in [2.05, 4.69) is 0 Å². The third kappa shape index (κ3) is 1.72. The van der Waals surface area contributed by atoms with Gasteiger partial charge in [0.25, 0.3) is 0 Å². The van der Waals surface area contributed by atoms with E-state index in [-0.39, 0.29) is 5.28 Å². The fourth-order valence-electron chi connectivity index (χ4n) is 1.14. The smallest absolute Gasteiger partial charge is 0.522 e. The predicted octanol–water partition coefficient (Wildman–Crippen LogP) is 2.33. The number of hydrogen-bond acceptors (Lipinski definition) is 2. The molecule has 0 radical (unpaired) electrons. The summed E-state index contributed by atoms with van der Waals surface area (Å²) >= 11 is 11.5. The number of halogens is 2. The van der Waals surface area contributed by atoms with Crippen LogP contribution in [0, 0.1) is 0 Å². The Kier molecular flexibility index (Phi) is 2.56. The lowest BCUT2D eigenvalue weighted by Gasteiger charge is -2.07. The van der Waals surface area contributed by atoms with Gasteiger partial charge in [0.05, 0.1) is 0 Å². The van der Waals surface area contributed by atoms with Crippen molar-refractivity contribution in [3.05, 3.63) is 24.3 Å². The van der Waals surface area contributed by atoms with Gasteiger partial charge in [0.2, 0.25) is 0 Å². The molecule has 0 spiro atoms. The van der Waals surface area contributed by atoms with Crippen LogP contribution in [0.3, 0.4) is 0 Å². The maximum atomic E-state index is 5.88. The molecule has 1 unspecified atom stereocenters. The Hall–Kier alpha value is -0.535. The van der Waals surface area contributed by atoms with Gasteiger partial charge in [0.15, 0.2) is 0 Å². The van der Waals surface area contributed by atoms with E-state index in [1.807, 2.05) is 24.3 Å². The first kappa shape index (κ1) is 9.04. The maximum Gasteiger partial charge on any atom is 0.615 e. The summed E-state index contributed by atoms with van der Waals surface area (Å²) in [6, 6.07) is 7.45. The van der Waals surface area contributed by atoms with Crippen LogP contribution in [0.25, 0.3) is 0 Å². The molecule has 0 aliphatic carbocycles. The van der Waals surface area contributed by atoms with Crippen molar-refractivity contribution >= 4 is 30.3 Å². The van der Waals surface area contributed by atoms with Gasteiger partial charge in [-0.25, -0.2) is 0 Å². The van der Waals surface area contributed by atoms with Crippen molar-refractivity contribution < 1.29 is 9.31 Å². The minimum absolute atomic E-state index is 0.306. The lowest BCUT2D eigenvalue weighted by molar-refractivity contribution is 0.495. The Morgan fingerprint density at radius 2 is 1.77 bits per heavy atom. The highest BCUT2D eigenvalue weighted by Crippen LogP contribution is 2.34. The van der Waals surface area contributed by atoms with Gasteiger partial charge in [0, 0.05) is 5.88 Å². The zero-order valence-electron chi connectivity index (χ0n) is 6.74. The molecule has 1 aromatic carbocycles. The summed E-state index contributed by atoms with van der Waals surface area (Å²) in [6.07, 6.45) is 0. The van der Waals surface area contributed by atoms with Crippen LogP contribution in [0.4, 0.5) is 0 Å². The quantitative estimate of drug-likeness (QED) is 0.558. The van der Waals surface area contributed by atoms with Gasteiger partial charge in [-0.05, 0) is 12.1 Å².